The number of nitrogens with one attached hydrogen (secondary N) is 1. The standard InChI is InChI=1S/C22H29N5O3S/c1-25(2)13-12-24-22(28)20-10-9-18-16-26(15-17-6-5-11-23-14-17)31(29,30)21-8-4-3-7-19(21)27(18)20/h3-8,11,14,18,20H,9-10,12-13,15-16H2,1-2H3,(H,24,28)/t18-,20+/m1/s1. The molecule has 1 N–H and O–H groups in total. The molecule has 0 spiro atoms. The maximum absolute atomic E-state index is 13.6. The van der Waals surface area contributed by atoms with E-state index in [1.54, 1.807) is 24.5 Å². The van der Waals surface area contributed by atoms with E-state index in [1.165, 1.54) is 4.31 Å². The van der Waals surface area contributed by atoms with E-state index in [9.17, 15) is 13.2 Å². The van der Waals surface area contributed by atoms with Crippen molar-refractivity contribution in [1.82, 2.24) is 19.5 Å². The van der Waals surface area contributed by atoms with Gasteiger partial charge in [0.1, 0.15) is 10.9 Å². The van der Waals surface area contributed by atoms with E-state index in [-0.39, 0.29) is 29.4 Å². The highest BCUT2D eigenvalue weighted by atomic mass is 32.2. The second kappa shape index (κ2) is 8.94. The number of rotatable bonds is 6. The molecule has 4 rings (SSSR count). The van der Waals surface area contributed by atoms with Crippen LogP contribution in [-0.2, 0) is 21.4 Å². The fourth-order valence-electron chi connectivity index (χ4n) is 4.41. The summed E-state index contributed by atoms with van der Waals surface area (Å²) < 4.78 is 28.6. The quantitative estimate of drug-likeness (QED) is 0.724. The maximum atomic E-state index is 13.6. The van der Waals surface area contributed by atoms with E-state index < -0.39 is 10.0 Å². The first-order valence-electron chi connectivity index (χ1n) is 10.6. The Labute approximate surface area is 183 Å². The molecule has 2 aliphatic rings. The summed E-state index contributed by atoms with van der Waals surface area (Å²) in [5, 5.41) is 3.02. The smallest absolute Gasteiger partial charge is 0.245 e. The number of para-hydroxylation sites is 1. The van der Waals surface area contributed by atoms with Crippen molar-refractivity contribution in [3.8, 4) is 0 Å². The van der Waals surface area contributed by atoms with Gasteiger partial charge in [0, 0.05) is 44.6 Å². The Hall–Kier alpha value is -2.49. The molecule has 3 heterocycles. The normalized spacial score (nSPS) is 22.6. The summed E-state index contributed by atoms with van der Waals surface area (Å²) in [6.07, 6.45) is 4.83. The van der Waals surface area contributed by atoms with Crippen molar-refractivity contribution in [1.29, 1.82) is 0 Å². The second-order valence-electron chi connectivity index (χ2n) is 8.38. The van der Waals surface area contributed by atoms with Gasteiger partial charge in [0.05, 0.1) is 5.69 Å². The van der Waals surface area contributed by atoms with Crippen LogP contribution in [-0.4, -0.2) is 74.3 Å². The number of sulfonamides is 1. The molecule has 31 heavy (non-hydrogen) atoms. The third-order valence-electron chi connectivity index (χ3n) is 5.92. The number of pyridine rings is 1. The Morgan fingerprint density at radius 3 is 2.74 bits per heavy atom. The fraction of sp³-hybridized carbons (Fsp3) is 0.455. The van der Waals surface area contributed by atoms with Crippen LogP contribution in [0.1, 0.15) is 18.4 Å². The summed E-state index contributed by atoms with van der Waals surface area (Å²) in [7, 11) is 0.214. The van der Waals surface area contributed by atoms with Crippen molar-refractivity contribution in [2.24, 2.45) is 0 Å². The van der Waals surface area contributed by atoms with Crippen LogP contribution in [0.4, 0.5) is 5.69 Å². The molecule has 166 valence electrons. The molecule has 2 aromatic rings. The molecule has 1 aromatic carbocycles. The van der Waals surface area contributed by atoms with E-state index in [1.807, 2.05) is 48.2 Å². The number of carbonyl (C=O) groups excluding carboxylic acids is 1. The molecule has 2 atom stereocenters. The number of hydrogen-bond donors (Lipinski definition) is 1. The van der Waals surface area contributed by atoms with Gasteiger partial charge in [-0.1, -0.05) is 18.2 Å². The number of carbonyl (C=O) groups is 1. The van der Waals surface area contributed by atoms with Gasteiger partial charge in [-0.3, -0.25) is 9.78 Å². The Morgan fingerprint density at radius 1 is 1.19 bits per heavy atom. The van der Waals surface area contributed by atoms with Crippen LogP contribution in [0.2, 0.25) is 0 Å². The highest BCUT2D eigenvalue weighted by Crippen LogP contribution is 2.40. The van der Waals surface area contributed by atoms with Crippen molar-refractivity contribution < 1.29 is 13.2 Å². The summed E-state index contributed by atoms with van der Waals surface area (Å²) in [5.41, 5.74) is 1.46. The lowest BCUT2D eigenvalue weighted by Crippen LogP contribution is -2.49. The zero-order valence-electron chi connectivity index (χ0n) is 17.9. The Bertz CT molecular complexity index is 1030. The molecule has 0 aliphatic carbocycles. The van der Waals surface area contributed by atoms with E-state index in [0.717, 1.165) is 18.5 Å². The minimum Gasteiger partial charge on any atom is -0.354 e. The van der Waals surface area contributed by atoms with Gasteiger partial charge in [-0.15, -0.1) is 0 Å². The Balaban J connectivity index is 1.65. The number of fused-ring (bicyclic) bond motifs is 3. The molecule has 8 nitrogen and oxygen atoms in total. The summed E-state index contributed by atoms with van der Waals surface area (Å²) in [5.74, 6) is -0.0442. The topological polar surface area (TPSA) is 85.9 Å². The predicted molar refractivity (Wildman–Crippen MR) is 119 cm³/mol. The minimum absolute atomic E-state index is 0.0442. The van der Waals surface area contributed by atoms with Crippen molar-refractivity contribution in [2.45, 2.75) is 36.4 Å². The highest BCUT2D eigenvalue weighted by Gasteiger charge is 2.45. The number of hydrogen-bond acceptors (Lipinski definition) is 6. The Morgan fingerprint density at radius 2 is 2.00 bits per heavy atom. The molecule has 1 saturated heterocycles. The summed E-state index contributed by atoms with van der Waals surface area (Å²) in [6, 6.07) is 10.3. The van der Waals surface area contributed by atoms with E-state index in [0.29, 0.717) is 25.2 Å². The first-order valence-corrected chi connectivity index (χ1v) is 12.0. The van der Waals surface area contributed by atoms with Crippen molar-refractivity contribution in [3.63, 3.8) is 0 Å². The van der Waals surface area contributed by atoms with E-state index >= 15 is 0 Å². The molecule has 1 amide bonds. The number of anilines is 1. The van der Waals surface area contributed by atoms with Crippen LogP contribution in [0.3, 0.4) is 0 Å². The lowest BCUT2D eigenvalue weighted by atomic mass is 10.2. The van der Waals surface area contributed by atoms with Crippen molar-refractivity contribution >= 4 is 21.6 Å². The number of nitrogens with zero attached hydrogens (tertiary/aromatic N) is 4. The van der Waals surface area contributed by atoms with E-state index in [2.05, 4.69) is 10.3 Å². The van der Waals surface area contributed by atoms with Gasteiger partial charge in [-0.25, -0.2) is 8.42 Å². The molecule has 2 aliphatic heterocycles. The third-order valence-corrected chi connectivity index (χ3v) is 7.78. The van der Waals surface area contributed by atoms with Gasteiger partial charge in [-0.2, -0.15) is 4.31 Å². The van der Waals surface area contributed by atoms with Crippen molar-refractivity contribution in [2.75, 3.05) is 38.6 Å². The first-order chi connectivity index (χ1) is 14.9. The molecule has 0 radical (unpaired) electrons. The minimum atomic E-state index is -3.71. The molecule has 0 unspecified atom stereocenters. The van der Waals surface area contributed by atoms with Gasteiger partial charge in [0.25, 0.3) is 0 Å². The van der Waals surface area contributed by atoms with Crippen LogP contribution < -0.4 is 10.2 Å². The van der Waals surface area contributed by atoms with Gasteiger partial charge >= 0.3 is 0 Å². The molecule has 1 fully saturated rings. The van der Waals surface area contributed by atoms with Crippen molar-refractivity contribution in [3.05, 3.63) is 54.4 Å². The summed E-state index contributed by atoms with van der Waals surface area (Å²) >= 11 is 0. The molecular formula is C22H29N5O3S. The molecular weight excluding hydrogens is 414 g/mol. The maximum Gasteiger partial charge on any atom is 0.245 e. The SMILES string of the molecule is CN(C)CCNC(=O)[C@@H]1CC[C@@H]2CN(Cc3cccnc3)S(=O)(=O)c3ccccc3N21. The molecule has 0 saturated carbocycles. The average molecular weight is 444 g/mol. The number of likely N-dealkylation sites (N-methyl/N-ethyl adjacent to an activating group) is 1. The number of amides is 1. The average Bonchev–Trinajstić information content (AvgIpc) is 3.14. The van der Waals surface area contributed by atoms with Crippen LogP contribution in [0.25, 0.3) is 0 Å². The predicted octanol–water partition coefficient (Wildman–Crippen LogP) is 1.30. The second-order valence-corrected chi connectivity index (χ2v) is 10.3. The Kier molecular flexibility index (Phi) is 6.27. The van der Waals surface area contributed by atoms with Crippen LogP contribution >= 0.6 is 0 Å². The zero-order valence-corrected chi connectivity index (χ0v) is 18.8. The third kappa shape index (κ3) is 4.44. The first kappa shape index (κ1) is 21.7. The summed E-state index contributed by atoms with van der Waals surface area (Å²) in [4.78, 5) is 21.4. The molecule has 9 heteroatoms. The zero-order chi connectivity index (χ0) is 22.0. The van der Waals surface area contributed by atoms with Gasteiger partial charge in [-0.05, 0) is 50.7 Å². The van der Waals surface area contributed by atoms with Gasteiger partial charge in [0.2, 0.25) is 15.9 Å². The largest absolute Gasteiger partial charge is 0.354 e. The van der Waals surface area contributed by atoms with Gasteiger partial charge in [0.15, 0.2) is 0 Å². The number of aromatic nitrogens is 1. The fourth-order valence-corrected chi connectivity index (χ4v) is 6.06. The number of benzene rings is 1. The molecule has 1 aromatic heterocycles. The van der Waals surface area contributed by atoms with E-state index in [4.69, 9.17) is 0 Å². The summed E-state index contributed by atoms with van der Waals surface area (Å²) in [6.45, 7) is 1.92. The van der Waals surface area contributed by atoms with Gasteiger partial charge < -0.3 is 15.1 Å². The monoisotopic (exact) mass is 443 g/mol. The van der Waals surface area contributed by atoms with Crippen LogP contribution in [0, 0.1) is 0 Å². The lowest BCUT2D eigenvalue weighted by Gasteiger charge is -2.31. The van der Waals surface area contributed by atoms with Crippen LogP contribution in [0.5, 0.6) is 0 Å². The lowest BCUT2D eigenvalue weighted by molar-refractivity contribution is -0.122. The van der Waals surface area contributed by atoms with Crippen LogP contribution in [0.15, 0.2) is 53.7 Å². The highest BCUT2D eigenvalue weighted by molar-refractivity contribution is 7.89. The molecule has 0 bridgehead atoms.